The van der Waals surface area contributed by atoms with Crippen molar-refractivity contribution in [2.75, 3.05) is 17.8 Å². The van der Waals surface area contributed by atoms with E-state index in [1.54, 1.807) is 11.0 Å². The molecule has 9 nitrogen and oxygen atoms in total. The van der Waals surface area contributed by atoms with Crippen LogP contribution in [0, 0.1) is 11.3 Å². The fraction of sp³-hybridized carbons (Fsp3) is 0.400. The molecule has 0 saturated carbocycles. The van der Waals surface area contributed by atoms with Crippen molar-refractivity contribution < 1.29 is 26.4 Å². The van der Waals surface area contributed by atoms with Gasteiger partial charge in [0.05, 0.1) is 0 Å². The molecule has 0 radical (unpaired) electrons. The first-order valence-corrected chi connectivity index (χ1v) is 9.62. The number of halogens is 3. The van der Waals surface area contributed by atoms with Crippen LogP contribution < -0.4 is 4.72 Å². The molecule has 13 heteroatoms. The molecule has 1 fully saturated rings. The third kappa shape index (κ3) is 4.28. The number of sulfonamides is 1. The van der Waals surface area contributed by atoms with E-state index in [0.29, 0.717) is 17.8 Å². The Morgan fingerprint density at radius 3 is 2.64 bits per heavy atom. The second kappa shape index (κ2) is 7.19. The molecule has 1 saturated heterocycles. The van der Waals surface area contributed by atoms with Gasteiger partial charge in [-0.1, -0.05) is 0 Å². The molecule has 150 valence electrons. The number of amides is 1. The lowest BCUT2D eigenvalue weighted by atomic mass is 10.4. The smallest absolute Gasteiger partial charge is 0.356 e. The molecule has 1 aliphatic rings. The summed E-state index contributed by atoms with van der Waals surface area (Å²) in [5.41, 5.74) is -0.290. The SMILES string of the molecule is N#Cc1cn(CC(F)(F)F)nc1NS(=O)(=O)c1c[nH]c(C(=O)N2CCCC2)c1. The summed E-state index contributed by atoms with van der Waals surface area (Å²) in [6, 6.07) is 2.72. The molecule has 3 heterocycles. The Kier molecular flexibility index (Phi) is 5.07. The number of aromatic nitrogens is 3. The first-order valence-electron chi connectivity index (χ1n) is 8.14. The minimum Gasteiger partial charge on any atom is -0.356 e. The van der Waals surface area contributed by atoms with Gasteiger partial charge in [0.1, 0.15) is 28.8 Å². The van der Waals surface area contributed by atoms with Crippen molar-refractivity contribution in [3.63, 3.8) is 0 Å². The first kappa shape index (κ1) is 19.7. The highest BCUT2D eigenvalue weighted by Crippen LogP contribution is 2.22. The van der Waals surface area contributed by atoms with E-state index in [9.17, 15) is 26.4 Å². The number of rotatable bonds is 5. The number of carbonyl (C=O) groups is 1. The van der Waals surface area contributed by atoms with Gasteiger partial charge in [-0.25, -0.2) is 8.42 Å². The maximum absolute atomic E-state index is 12.5. The van der Waals surface area contributed by atoms with Crippen molar-refractivity contribution in [3.8, 4) is 6.07 Å². The van der Waals surface area contributed by atoms with Gasteiger partial charge in [0.25, 0.3) is 15.9 Å². The Balaban J connectivity index is 1.81. The Labute approximate surface area is 157 Å². The molecular weight excluding hydrogens is 401 g/mol. The molecule has 0 aromatic carbocycles. The number of anilines is 1. The highest BCUT2D eigenvalue weighted by atomic mass is 32.2. The molecule has 0 bridgehead atoms. The average molecular weight is 416 g/mol. The Bertz CT molecular complexity index is 1030. The van der Waals surface area contributed by atoms with Gasteiger partial charge in [-0.2, -0.15) is 23.5 Å². The molecular formula is C15H15F3N6O3S. The van der Waals surface area contributed by atoms with E-state index in [0.717, 1.165) is 31.3 Å². The van der Waals surface area contributed by atoms with Crippen LogP contribution in [0.5, 0.6) is 0 Å². The number of H-pyrrole nitrogens is 1. The van der Waals surface area contributed by atoms with Gasteiger partial charge < -0.3 is 9.88 Å². The lowest BCUT2D eigenvalue weighted by Gasteiger charge is -2.13. The lowest BCUT2D eigenvalue weighted by Crippen LogP contribution is -2.27. The largest absolute Gasteiger partial charge is 0.408 e. The zero-order chi connectivity index (χ0) is 20.5. The summed E-state index contributed by atoms with van der Waals surface area (Å²) in [7, 11) is -4.27. The third-order valence-corrected chi connectivity index (χ3v) is 5.36. The van der Waals surface area contributed by atoms with Crippen molar-refractivity contribution in [2.24, 2.45) is 0 Å². The normalized spacial score (nSPS) is 14.9. The Morgan fingerprint density at radius 2 is 2.04 bits per heavy atom. The van der Waals surface area contributed by atoms with E-state index in [2.05, 4.69) is 10.1 Å². The number of alkyl halides is 3. The van der Waals surface area contributed by atoms with Crippen molar-refractivity contribution in [1.29, 1.82) is 5.26 Å². The van der Waals surface area contributed by atoms with Crippen LogP contribution in [0.3, 0.4) is 0 Å². The van der Waals surface area contributed by atoms with Gasteiger partial charge in [0, 0.05) is 25.5 Å². The van der Waals surface area contributed by atoms with Gasteiger partial charge in [-0.15, -0.1) is 0 Å². The van der Waals surface area contributed by atoms with E-state index < -0.39 is 28.6 Å². The highest BCUT2D eigenvalue weighted by molar-refractivity contribution is 7.92. The van der Waals surface area contributed by atoms with Gasteiger partial charge in [0.15, 0.2) is 5.82 Å². The van der Waals surface area contributed by atoms with E-state index >= 15 is 0 Å². The number of nitrogens with one attached hydrogen (secondary N) is 2. The Morgan fingerprint density at radius 1 is 1.36 bits per heavy atom. The predicted octanol–water partition coefficient (Wildman–Crippen LogP) is 1.68. The molecule has 2 aromatic rings. The van der Waals surface area contributed by atoms with Crippen LogP contribution in [0.25, 0.3) is 0 Å². The predicted molar refractivity (Wildman–Crippen MR) is 89.7 cm³/mol. The molecule has 3 rings (SSSR count). The fourth-order valence-corrected chi connectivity index (χ4v) is 3.78. The molecule has 28 heavy (non-hydrogen) atoms. The van der Waals surface area contributed by atoms with Crippen molar-refractivity contribution in [2.45, 2.75) is 30.5 Å². The van der Waals surface area contributed by atoms with Crippen LogP contribution in [0.2, 0.25) is 0 Å². The standard InChI is InChI=1S/C15H15F3N6O3S/c16-15(17,18)9-24-8-10(6-19)13(21-24)22-28(26,27)11-5-12(20-7-11)14(25)23-3-1-2-4-23/h5,7-8,20H,1-4,9H2,(H,21,22). The number of likely N-dealkylation sites (tertiary alicyclic amines) is 1. The van der Waals surface area contributed by atoms with Crippen LogP contribution in [-0.2, 0) is 16.6 Å². The monoisotopic (exact) mass is 416 g/mol. The molecule has 2 N–H and O–H groups in total. The summed E-state index contributed by atoms with van der Waals surface area (Å²) in [4.78, 5) is 16.2. The minimum atomic E-state index is -4.58. The van der Waals surface area contributed by atoms with Crippen molar-refractivity contribution in [3.05, 3.63) is 29.7 Å². The van der Waals surface area contributed by atoms with Crippen LogP contribution in [0.1, 0.15) is 28.9 Å². The van der Waals surface area contributed by atoms with Gasteiger partial charge in [-0.05, 0) is 18.9 Å². The maximum Gasteiger partial charge on any atom is 0.408 e. The number of hydrogen-bond acceptors (Lipinski definition) is 5. The number of nitrogens with zero attached hydrogens (tertiary/aromatic N) is 4. The molecule has 0 atom stereocenters. The summed E-state index contributed by atoms with van der Waals surface area (Å²) < 4.78 is 64.8. The number of carbonyl (C=O) groups excluding carboxylic acids is 1. The minimum absolute atomic E-state index is 0.0744. The van der Waals surface area contributed by atoms with Crippen LogP contribution >= 0.6 is 0 Å². The second-order valence-corrected chi connectivity index (χ2v) is 7.85. The maximum atomic E-state index is 12.5. The number of aromatic amines is 1. The molecule has 0 spiro atoms. The quantitative estimate of drug-likeness (QED) is 0.768. The molecule has 1 aliphatic heterocycles. The molecule has 0 unspecified atom stereocenters. The van der Waals surface area contributed by atoms with Crippen LogP contribution in [0.15, 0.2) is 23.4 Å². The fourth-order valence-electron chi connectivity index (χ4n) is 2.77. The number of nitriles is 1. The van der Waals surface area contributed by atoms with E-state index in [1.165, 1.54) is 0 Å². The Hall–Kier alpha value is -3.01. The summed E-state index contributed by atoms with van der Waals surface area (Å²) in [6.45, 7) is -0.303. The summed E-state index contributed by atoms with van der Waals surface area (Å²) in [5, 5.41) is 12.5. The lowest BCUT2D eigenvalue weighted by molar-refractivity contribution is -0.142. The van der Waals surface area contributed by atoms with E-state index in [4.69, 9.17) is 5.26 Å². The van der Waals surface area contributed by atoms with Gasteiger partial charge in [0.2, 0.25) is 0 Å². The van der Waals surface area contributed by atoms with Crippen molar-refractivity contribution in [1.82, 2.24) is 19.7 Å². The molecule has 1 amide bonds. The summed E-state index contributed by atoms with van der Waals surface area (Å²) in [5.74, 6) is -0.869. The number of hydrogen-bond donors (Lipinski definition) is 2. The molecule has 0 aliphatic carbocycles. The summed E-state index contributed by atoms with van der Waals surface area (Å²) >= 11 is 0. The first-order chi connectivity index (χ1) is 13.1. The van der Waals surface area contributed by atoms with Gasteiger partial charge >= 0.3 is 6.18 Å². The highest BCUT2D eigenvalue weighted by Gasteiger charge is 2.30. The topological polar surface area (TPSA) is 124 Å². The second-order valence-electron chi connectivity index (χ2n) is 6.17. The van der Waals surface area contributed by atoms with E-state index in [1.807, 2.05) is 4.72 Å². The van der Waals surface area contributed by atoms with E-state index in [-0.39, 0.29) is 22.1 Å². The summed E-state index contributed by atoms with van der Waals surface area (Å²) in [6.07, 6.45) is -0.955. The zero-order valence-electron chi connectivity index (χ0n) is 14.3. The van der Waals surface area contributed by atoms with Crippen LogP contribution in [-0.4, -0.2) is 53.3 Å². The van der Waals surface area contributed by atoms with Crippen LogP contribution in [0.4, 0.5) is 19.0 Å². The molecule has 2 aromatic heterocycles. The average Bonchev–Trinajstić information content (AvgIpc) is 3.33. The zero-order valence-corrected chi connectivity index (χ0v) is 15.1. The third-order valence-electron chi connectivity index (χ3n) is 4.04. The van der Waals surface area contributed by atoms with Crippen molar-refractivity contribution >= 4 is 21.7 Å². The van der Waals surface area contributed by atoms with Gasteiger partial charge in [-0.3, -0.25) is 14.2 Å².